The number of hydrogen-bond donors (Lipinski definition) is 3. The average Bonchev–Trinajstić information content (AvgIpc) is 2.49. The number of aromatic hydroxyl groups is 1. The monoisotopic (exact) mass is 297 g/mol. The van der Waals surface area contributed by atoms with E-state index in [2.05, 4.69) is 15.8 Å². The van der Waals surface area contributed by atoms with Crippen molar-refractivity contribution in [1.29, 1.82) is 0 Å². The first-order valence-corrected chi connectivity index (χ1v) is 6.55. The molecule has 2 aromatic carbocycles. The van der Waals surface area contributed by atoms with Gasteiger partial charge in [0.15, 0.2) is 0 Å². The van der Waals surface area contributed by atoms with E-state index in [0.717, 1.165) is 5.56 Å². The summed E-state index contributed by atoms with van der Waals surface area (Å²) in [6.07, 6.45) is 1.37. The Morgan fingerprint density at radius 1 is 1.09 bits per heavy atom. The molecular formula is C16H15N3O3. The van der Waals surface area contributed by atoms with E-state index in [-0.39, 0.29) is 5.75 Å². The van der Waals surface area contributed by atoms with Crippen LogP contribution in [0.3, 0.4) is 0 Å². The van der Waals surface area contributed by atoms with Gasteiger partial charge in [-0.15, -0.1) is 0 Å². The van der Waals surface area contributed by atoms with E-state index in [0.29, 0.717) is 11.3 Å². The number of carbonyl (C=O) groups is 2. The van der Waals surface area contributed by atoms with E-state index in [4.69, 9.17) is 5.11 Å². The third-order valence-electron chi connectivity index (χ3n) is 2.75. The Bertz CT molecular complexity index is 709. The van der Waals surface area contributed by atoms with Gasteiger partial charge in [0.1, 0.15) is 5.75 Å². The Hall–Kier alpha value is -3.15. The van der Waals surface area contributed by atoms with Crippen LogP contribution in [0, 0.1) is 6.92 Å². The molecule has 2 amide bonds. The molecule has 0 aliphatic heterocycles. The molecule has 6 nitrogen and oxygen atoms in total. The minimum absolute atomic E-state index is 0.138. The van der Waals surface area contributed by atoms with E-state index < -0.39 is 11.8 Å². The van der Waals surface area contributed by atoms with Gasteiger partial charge in [0.05, 0.1) is 6.21 Å². The first-order valence-electron chi connectivity index (χ1n) is 6.55. The number of anilines is 1. The number of benzene rings is 2. The molecule has 0 radical (unpaired) electrons. The van der Waals surface area contributed by atoms with Crippen LogP contribution >= 0.6 is 0 Å². The summed E-state index contributed by atoms with van der Waals surface area (Å²) < 4.78 is 0. The molecule has 0 aromatic heterocycles. The number of hydrogen-bond acceptors (Lipinski definition) is 4. The molecule has 0 atom stereocenters. The largest absolute Gasteiger partial charge is 0.508 e. The minimum atomic E-state index is -0.864. The number of aryl methyl sites for hydroxylation is 1. The Balaban J connectivity index is 1.89. The molecule has 6 heteroatoms. The maximum absolute atomic E-state index is 11.7. The van der Waals surface area contributed by atoms with Gasteiger partial charge in [-0.25, -0.2) is 5.43 Å². The minimum Gasteiger partial charge on any atom is -0.508 e. The van der Waals surface area contributed by atoms with Crippen molar-refractivity contribution in [2.75, 3.05) is 5.32 Å². The summed E-state index contributed by atoms with van der Waals surface area (Å²) in [5, 5.41) is 15.3. The molecule has 22 heavy (non-hydrogen) atoms. The molecule has 0 aliphatic carbocycles. The van der Waals surface area contributed by atoms with E-state index in [1.807, 2.05) is 13.0 Å². The molecule has 2 rings (SSSR count). The van der Waals surface area contributed by atoms with Crippen molar-refractivity contribution in [3.63, 3.8) is 0 Å². The number of nitrogens with zero attached hydrogens (tertiary/aromatic N) is 1. The molecule has 2 aromatic rings. The summed E-state index contributed by atoms with van der Waals surface area (Å²) >= 11 is 0. The van der Waals surface area contributed by atoms with Crippen molar-refractivity contribution in [1.82, 2.24) is 5.43 Å². The number of phenolic OH excluding ortho intramolecular Hbond substituents is 1. The molecule has 112 valence electrons. The summed E-state index contributed by atoms with van der Waals surface area (Å²) in [6, 6.07) is 13.4. The van der Waals surface area contributed by atoms with E-state index >= 15 is 0 Å². The standard InChI is InChI=1S/C16H15N3O3/c1-11-3-2-4-13(9-11)18-15(21)16(22)19-17-10-12-5-7-14(20)8-6-12/h2-10,20H,1H3,(H,18,21)(H,19,22)/b17-10+. The first-order chi connectivity index (χ1) is 10.5. The second-order valence-electron chi connectivity index (χ2n) is 4.61. The molecule has 0 aliphatic rings. The lowest BCUT2D eigenvalue weighted by Gasteiger charge is -2.04. The van der Waals surface area contributed by atoms with Gasteiger partial charge in [-0.2, -0.15) is 5.10 Å². The van der Waals surface area contributed by atoms with Crippen LogP contribution in [0.25, 0.3) is 0 Å². The van der Waals surface area contributed by atoms with Gasteiger partial charge in [-0.05, 0) is 54.4 Å². The zero-order valence-electron chi connectivity index (χ0n) is 11.9. The maximum Gasteiger partial charge on any atom is 0.329 e. The molecule has 0 fully saturated rings. The van der Waals surface area contributed by atoms with Crippen LogP contribution in [0.2, 0.25) is 0 Å². The highest BCUT2D eigenvalue weighted by Gasteiger charge is 2.12. The summed E-state index contributed by atoms with van der Waals surface area (Å²) in [5.74, 6) is -1.52. The molecule has 0 spiro atoms. The summed E-state index contributed by atoms with van der Waals surface area (Å²) in [4.78, 5) is 23.3. The number of amides is 2. The lowest BCUT2D eigenvalue weighted by atomic mass is 10.2. The molecule has 0 bridgehead atoms. The van der Waals surface area contributed by atoms with Crippen molar-refractivity contribution in [3.05, 3.63) is 59.7 Å². The molecule has 0 heterocycles. The predicted octanol–water partition coefficient (Wildman–Crippen LogP) is 1.79. The summed E-state index contributed by atoms with van der Waals surface area (Å²) in [7, 11) is 0. The van der Waals surface area contributed by atoms with Gasteiger partial charge in [-0.1, -0.05) is 12.1 Å². The Kier molecular flexibility index (Phi) is 4.87. The van der Waals surface area contributed by atoms with Gasteiger partial charge in [0, 0.05) is 5.69 Å². The highest BCUT2D eigenvalue weighted by atomic mass is 16.3. The molecule has 0 unspecified atom stereocenters. The predicted molar refractivity (Wildman–Crippen MR) is 83.7 cm³/mol. The molecule has 0 saturated carbocycles. The van der Waals surface area contributed by atoms with Gasteiger partial charge in [0.25, 0.3) is 0 Å². The smallest absolute Gasteiger partial charge is 0.329 e. The molecular weight excluding hydrogens is 282 g/mol. The van der Waals surface area contributed by atoms with Gasteiger partial charge >= 0.3 is 11.8 Å². The van der Waals surface area contributed by atoms with Crippen molar-refractivity contribution >= 4 is 23.7 Å². The van der Waals surface area contributed by atoms with Crippen LogP contribution < -0.4 is 10.7 Å². The third-order valence-corrected chi connectivity index (χ3v) is 2.75. The second-order valence-corrected chi connectivity index (χ2v) is 4.61. The highest BCUT2D eigenvalue weighted by Crippen LogP contribution is 2.09. The number of hydrazone groups is 1. The van der Waals surface area contributed by atoms with Crippen LogP contribution in [-0.4, -0.2) is 23.1 Å². The Morgan fingerprint density at radius 3 is 2.50 bits per heavy atom. The topological polar surface area (TPSA) is 90.8 Å². The molecule has 3 N–H and O–H groups in total. The zero-order valence-corrected chi connectivity index (χ0v) is 11.9. The number of nitrogens with one attached hydrogen (secondary N) is 2. The summed E-state index contributed by atoms with van der Waals surface area (Å²) in [6.45, 7) is 1.89. The van der Waals surface area contributed by atoms with Crippen molar-refractivity contribution in [2.45, 2.75) is 6.92 Å². The van der Waals surface area contributed by atoms with Crippen LogP contribution in [0.15, 0.2) is 53.6 Å². The quantitative estimate of drug-likeness (QED) is 0.458. The second kappa shape index (κ2) is 7.03. The lowest BCUT2D eigenvalue weighted by Crippen LogP contribution is -2.32. The van der Waals surface area contributed by atoms with E-state index in [1.165, 1.54) is 18.3 Å². The fourth-order valence-electron chi connectivity index (χ4n) is 1.69. The number of phenols is 1. The molecule has 0 saturated heterocycles. The van der Waals surface area contributed by atoms with Gasteiger partial charge in [-0.3, -0.25) is 9.59 Å². The SMILES string of the molecule is Cc1cccc(NC(=O)C(=O)N/N=C/c2ccc(O)cc2)c1. The Labute approximate surface area is 127 Å². The zero-order chi connectivity index (χ0) is 15.9. The van der Waals surface area contributed by atoms with Gasteiger partial charge < -0.3 is 10.4 Å². The van der Waals surface area contributed by atoms with E-state index in [1.54, 1.807) is 30.3 Å². The van der Waals surface area contributed by atoms with Crippen molar-refractivity contribution < 1.29 is 14.7 Å². The van der Waals surface area contributed by atoms with Crippen LogP contribution in [0.4, 0.5) is 5.69 Å². The average molecular weight is 297 g/mol. The van der Waals surface area contributed by atoms with Crippen molar-refractivity contribution in [3.8, 4) is 5.75 Å². The lowest BCUT2D eigenvalue weighted by molar-refractivity contribution is -0.136. The normalized spacial score (nSPS) is 10.4. The Morgan fingerprint density at radius 2 is 1.82 bits per heavy atom. The number of rotatable bonds is 3. The van der Waals surface area contributed by atoms with Crippen molar-refractivity contribution in [2.24, 2.45) is 5.10 Å². The number of carbonyl (C=O) groups excluding carboxylic acids is 2. The highest BCUT2D eigenvalue weighted by molar-refractivity contribution is 6.39. The van der Waals surface area contributed by atoms with Crippen LogP contribution in [-0.2, 0) is 9.59 Å². The first kappa shape index (κ1) is 15.2. The fourth-order valence-corrected chi connectivity index (χ4v) is 1.69. The summed E-state index contributed by atoms with van der Waals surface area (Å²) in [5.41, 5.74) is 4.33. The van der Waals surface area contributed by atoms with Gasteiger partial charge in [0.2, 0.25) is 0 Å². The van der Waals surface area contributed by atoms with Crippen LogP contribution in [0.1, 0.15) is 11.1 Å². The fraction of sp³-hybridized carbons (Fsp3) is 0.0625. The van der Waals surface area contributed by atoms with Crippen LogP contribution in [0.5, 0.6) is 5.75 Å². The maximum atomic E-state index is 11.7. The third kappa shape index (κ3) is 4.45. The van der Waals surface area contributed by atoms with E-state index in [9.17, 15) is 9.59 Å².